The molecule has 3 aromatic rings. The molecule has 0 spiro atoms. The Morgan fingerprint density at radius 2 is 2.00 bits per heavy atom. The van der Waals surface area contributed by atoms with Gasteiger partial charge in [0, 0.05) is 35.9 Å². The van der Waals surface area contributed by atoms with Crippen molar-refractivity contribution in [1.29, 1.82) is 0 Å². The first-order chi connectivity index (χ1) is 15.6. The van der Waals surface area contributed by atoms with Gasteiger partial charge in [0.1, 0.15) is 0 Å². The fourth-order valence-electron chi connectivity index (χ4n) is 3.86. The number of likely N-dealkylation sites (tertiary alicyclic amines) is 1. The molecule has 32 heavy (non-hydrogen) atoms. The van der Waals surface area contributed by atoms with Gasteiger partial charge >= 0.3 is 6.03 Å². The van der Waals surface area contributed by atoms with E-state index in [-0.39, 0.29) is 18.0 Å². The van der Waals surface area contributed by atoms with Crippen molar-refractivity contribution in [3.05, 3.63) is 70.4 Å². The molecule has 1 aliphatic heterocycles. The van der Waals surface area contributed by atoms with Crippen LogP contribution in [0.1, 0.15) is 39.8 Å². The van der Waals surface area contributed by atoms with Gasteiger partial charge in [0.15, 0.2) is 0 Å². The number of hydrogen-bond donors (Lipinski definition) is 3. The van der Waals surface area contributed by atoms with Gasteiger partial charge in [-0.15, -0.1) is 11.3 Å². The number of urea groups is 1. The first-order valence-corrected chi connectivity index (χ1v) is 11.6. The van der Waals surface area contributed by atoms with E-state index >= 15 is 0 Å². The van der Waals surface area contributed by atoms with Gasteiger partial charge in [0.05, 0.1) is 24.6 Å². The lowest BCUT2D eigenvalue weighted by molar-refractivity contribution is 0.0951. The highest BCUT2D eigenvalue weighted by atomic mass is 32.1. The zero-order chi connectivity index (χ0) is 22.3. The Balaban J connectivity index is 1.33. The Hall–Kier alpha value is -3.17. The molecule has 0 saturated carbocycles. The number of thiophene rings is 1. The first kappa shape index (κ1) is 22.0. The number of nitrogens with one attached hydrogen (secondary N) is 3. The second-order valence-corrected chi connectivity index (χ2v) is 8.93. The summed E-state index contributed by atoms with van der Waals surface area (Å²) < 4.78 is 1.92. The van der Waals surface area contributed by atoms with Crippen LogP contribution in [0.15, 0.2) is 54.3 Å². The lowest BCUT2D eigenvalue weighted by Crippen LogP contribution is -2.38. The Labute approximate surface area is 191 Å². The predicted molar refractivity (Wildman–Crippen MR) is 126 cm³/mol. The van der Waals surface area contributed by atoms with Crippen molar-refractivity contribution in [2.75, 3.05) is 25.0 Å². The summed E-state index contributed by atoms with van der Waals surface area (Å²) in [7, 11) is 1.95. The third-order valence-corrected chi connectivity index (χ3v) is 6.37. The molecule has 1 atom stereocenters. The fraction of sp³-hybridized carbons (Fsp3) is 0.348. The Morgan fingerprint density at radius 1 is 1.16 bits per heavy atom. The normalized spacial score (nSPS) is 14.8. The molecular weight excluding hydrogens is 424 g/mol. The van der Waals surface area contributed by atoms with Crippen LogP contribution in [0.25, 0.3) is 0 Å². The van der Waals surface area contributed by atoms with Crippen LogP contribution in [-0.4, -0.2) is 46.0 Å². The Morgan fingerprint density at radius 3 is 2.72 bits per heavy atom. The number of anilines is 1. The van der Waals surface area contributed by atoms with E-state index in [1.165, 1.54) is 0 Å². The third kappa shape index (κ3) is 5.74. The number of aromatic nitrogens is 2. The minimum absolute atomic E-state index is 0.0406. The molecule has 1 aliphatic rings. The molecule has 2 aromatic heterocycles. The summed E-state index contributed by atoms with van der Waals surface area (Å²) in [6.07, 6.45) is 6.11. The molecule has 0 bridgehead atoms. The van der Waals surface area contributed by atoms with Crippen LogP contribution in [0.5, 0.6) is 0 Å². The van der Waals surface area contributed by atoms with Crippen molar-refractivity contribution in [2.24, 2.45) is 7.05 Å². The second kappa shape index (κ2) is 10.4. The summed E-state index contributed by atoms with van der Waals surface area (Å²) in [6.45, 7) is 2.96. The van der Waals surface area contributed by atoms with Crippen molar-refractivity contribution in [3.8, 4) is 0 Å². The number of hydrogen-bond acceptors (Lipinski definition) is 5. The van der Waals surface area contributed by atoms with E-state index in [9.17, 15) is 9.59 Å². The topological polar surface area (TPSA) is 91.3 Å². The molecule has 1 unspecified atom stereocenters. The predicted octanol–water partition coefficient (Wildman–Crippen LogP) is 3.37. The van der Waals surface area contributed by atoms with Crippen molar-refractivity contribution >= 4 is 29.0 Å². The van der Waals surface area contributed by atoms with Gasteiger partial charge in [-0.05, 0) is 55.6 Å². The van der Waals surface area contributed by atoms with E-state index in [1.807, 2.05) is 35.3 Å². The first-order valence-electron chi connectivity index (χ1n) is 10.8. The largest absolute Gasteiger partial charge is 0.347 e. The molecule has 9 heteroatoms. The van der Waals surface area contributed by atoms with E-state index in [0.717, 1.165) is 36.5 Å². The number of amides is 3. The summed E-state index contributed by atoms with van der Waals surface area (Å²) in [5.41, 5.74) is 2.03. The highest BCUT2D eigenvalue weighted by molar-refractivity contribution is 7.09. The zero-order valence-corrected chi connectivity index (χ0v) is 18.9. The second-order valence-electron chi connectivity index (χ2n) is 7.90. The maximum absolute atomic E-state index is 12.6. The minimum Gasteiger partial charge on any atom is -0.347 e. The summed E-state index contributed by atoms with van der Waals surface area (Å²) >= 11 is 1.60. The van der Waals surface area contributed by atoms with Gasteiger partial charge in [-0.2, -0.15) is 0 Å². The average Bonchev–Trinajstić information content (AvgIpc) is 3.56. The zero-order valence-electron chi connectivity index (χ0n) is 18.1. The lowest BCUT2D eigenvalue weighted by atomic mass is 10.2. The fourth-order valence-corrected chi connectivity index (χ4v) is 4.51. The minimum atomic E-state index is -0.304. The number of nitrogens with zero attached hydrogens (tertiary/aromatic N) is 3. The molecule has 4 rings (SSSR count). The Bertz CT molecular complexity index is 1040. The molecular formula is C23H28N6O2S. The van der Waals surface area contributed by atoms with Gasteiger partial charge in [0.25, 0.3) is 5.91 Å². The monoisotopic (exact) mass is 452 g/mol. The van der Waals surface area contributed by atoms with Crippen LogP contribution in [0, 0.1) is 0 Å². The maximum atomic E-state index is 12.6. The molecule has 1 saturated heterocycles. The lowest BCUT2D eigenvalue weighted by Gasteiger charge is -2.26. The number of imidazole rings is 1. The molecule has 3 amide bonds. The molecule has 0 radical (unpaired) electrons. The van der Waals surface area contributed by atoms with E-state index in [0.29, 0.717) is 24.3 Å². The molecule has 1 aromatic carbocycles. The Kier molecular flexibility index (Phi) is 7.18. The van der Waals surface area contributed by atoms with Crippen LogP contribution in [0.2, 0.25) is 0 Å². The van der Waals surface area contributed by atoms with Gasteiger partial charge in [-0.1, -0.05) is 12.1 Å². The van der Waals surface area contributed by atoms with Crippen LogP contribution in [-0.2, 0) is 13.6 Å². The van der Waals surface area contributed by atoms with E-state index in [1.54, 1.807) is 41.9 Å². The average molecular weight is 453 g/mol. The standard InChI is InChI=1S/C23H28N6O2S/c1-28-15-20(26-16-28)21(29-9-2-3-10-29)14-25-23(31)27-18-7-4-6-17(12-18)22(30)24-13-19-8-5-11-32-19/h4-8,11-12,15-16,21H,2-3,9-10,13-14H2,1H3,(H,24,30)(H2,25,27,31). The van der Waals surface area contributed by atoms with Crippen LogP contribution in [0.3, 0.4) is 0 Å². The summed E-state index contributed by atoms with van der Waals surface area (Å²) in [5.74, 6) is -0.174. The maximum Gasteiger partial charge on any atom is 0.319 e. The van der Waals surface area contributed by atoms with Crippen LogP contribution >= 0.6 is 11.3 Å². The third-order valence-electron chi connectivity index (χ3n) is 5.49. The molecule has 8 nitrogen and oxygen atoms in total. The van der Waals surface area contributed by atoms with Crippen molar-refractivity contribution in [2.45, 2.75) is 25.4 Å². The quantitative estimate of drug-likeness (QED) is 0.489. The van der Waals surface area contributed by atoms with E-state index in [4.69, 9.17) is 0 Å². The van der Waals surface area contributed by atoms with Gasteiger partial charge in [0.2, 0.25) is 0 Å². The van der Waals surface area contributed by atoms with E-state index in [2.05, 4.69) is 25.8 Å². The summed E-state index contributed by atoms with van der Waals surface area (Å²) in [4.78, 5) is 33.0. The van der Waals surface area contributed by atoms with Gasteiger partial charge in [-0.3, -0.25) is 9.69 Å². The van der Waals surface area contributed by atoms with Crippen molar-refractivity contribution in [3.63, 3.8) is 0 Å². The van der Waals surface area contributed by atoms with Gasteiger partial charge < -0.3 is 20.5 Å². The van der Waals surface area contributed by atoms with Crippen molar-refractivity contribution in [1.82, 2.24) is 25.1 Å². The number of aryl methyl sites for hydroxylation is 1. The number of carbonyl (C=O) groups is 2. The van der Waals surface area contributed by atoms with Gasteiger partial charge in [-0.25, -0.2) is 9.78 Å². The summed E-state index contributed by atoms with van der Waals surface area (Å²) in [5, 5.41) is 10.7. The number of carbonyl (C=O) groups excluding carboxylic acids is 2. The molecule has 3 N–H and O–H groups in total. The van der Waals surface area contributed by atoms with E-state index < -0.39 is 0 Å². The molecule has 3 heterocycles. The van der Waals surface area contributed by atoms with Crippen LogP contribution < -0.4 is 16.0 Å². The molecule has 0 aliphatic carbocycles. The number of benzene rings is 1. The van der Waals surface area contributed by atoms with Crippen molar-refractivity contribution < 1.29 is 9.59 Å². The summed E-state index contributed by atoms with van der Waals surface area (Å²) in [6, 6.07) is 10.6. The smallest absolute Gasteiger partial charge is 0.319 e. The highest BCUT2D eigenvalue weighted by Crippen LogP contribution is 2.23. The molecule has 168 valence electrons. The SMILES string of the molecule is Cn1cnc(C(CNC(=O)Nc2cccc(C(=O)NCc3cccs3)c2)N2CCCC2)c1. The molecule has 1 fully saturated rings. The number of rotatable bonds is 8. The van der Waals surface area contributed by atoms with Crippen LogP contribution in [0.4, 0.5) is 10.5 Å². The highest BCUT2D eigenvalue weighted by Gasteiger charge is 2.25.